The van der Waals surface area contributed by atoms with Crippen LogP contribution in [0.15, 0.2) is 10.2 Å². The van der Waals surface area contributed by atoms with Crippen molar-refractivity contribution in [2.45, 2.75) is 271 Å². The SMILES string of the molecule is CCCCCCCCCCCCCCCCCCOC(=O)CCCCCCCCC(=O)OCCCCCCCCCCCCCCCCCC.CN(C)C(=O)N=NC(=O)N(C)C. The number of urea groups is 2. The van der Waals surface area contributed by atoms with Gasteiger partial charge < -0.3 is 19.3 Å². The van der Waals surface area contributed by atoms with Crippen LogP contribution < -0.4 is 0 Å². The van der Waals surface area contributed by atoms with Crippen molar-refractivity contribution >= 4 is 24.0 Å². The molecule has 0 aliphatic rings. The second kappa shape index (κ2) is 51.1. The summed E-state index contributed by atoms with van der Waals surface area (Å²) in [5.41, 5.74) is 0. The number of unbranched alkanes of at least 4 members (excludes halogenated alkanes) is 35. The van der Waals surface area contributed by atoms with Crippen molar-refractivity contribution in [3.63, 3.8) is 0 Å². The smallest absolute Gasteiger partial charge is 0.361 e. The van der Waals surface area contributed by atoms with Crippen LogP contribution >= 0.6 is 0 Å². The second-order valence-electron chi connectivity index (χ2n) is 18.2. The molecule has 0 aromatic heterocycles. The Morgan fingerprint density at radius 1 is 0.306 bits per heavy atom. The van der Waals surface area contributed by atoms with Crippen LogP contribution in [0.2, 0.25) is 0 Å². The van der Waals surface area contributed by atoms with Crippen molar-refractivity contribution in [2.24, 2.45) is 10.2 Å². The quantitative estimate of drug-likeness (QED) is 0.0342. The normalized spacial score (nSPS) is 11.1. The molecule has 10 heteroatoms. The topological polar surface area (TPSA) is 118 Å². The van der Waals surface area contributed by atoms with E-state index in [0.29, 0.717) is 26.1 Å². The predicted octanol–water partition coefficient (Wildman–Crippen LogP) is 16.5. The zero-order valence-corrected chi connectivity index (χ0v) is 41.9. The Kier molecular flexibility index (Phi) is 50.8. The first-order valence-electron chi connectivity index (χ1n) is 26.3. The van der Waals surface area contributed by atoms with Crippen molar-refractivity contribution in [3.8, 4) is 0 Å². The van der Waals surface area contributed by atoms with Gasteiger partial charge in [0.2, 0.25) is 0 Å². The highest BCUT2D eigenvalue weighted by atomic mass is 16.5. The molecule has 0 radical (unpaired) electrons. The third kappa shape index (κ3) is 51.8. The molecule has 366 valence electrons. The fourth-order valence-electron chi connectivity index (χ4n) is 7.33. The van der Waals surface area contributed by atoms with Crippen molar-refractivity contribution in [1.82, 2.24) is 9.80 Å². The number of nitrogens with zero attached hydrogens (tertiary/aromatic N) is 4. The van der Waals surface area contributed by atoms with E-state index in [9.17, 15) is 19.2 Å². The molecule has 4 amide bonds. The molecule has 62 heavy (non-hydrogen) atoms. The first-order valence-corrected chi connectivity index (χ1v) is 26.3. The molecule has 0 saturated heterocycles. The number of carbonyl (C=O) groups excluding carboxylic acids is 4. The molecule has 0 rings (SSSR count). The van der Waals surface area contributed by atoms with Gasteiger partial charge in [0.05, 0.1) is 13.2 Å². The van der Waals surface area contributed by atoms with E-state index in [1.165, 1.54) is 231 Å². The maximum Gasteiger partial charge on any atom is 0.361 e. The molecule has 10 nitrogen and oxygen atoms in total. The van der Waals surface area contributed by atoms with E-state index in [-0.39, 0.29) is 11.9 Å². The molecule has 0 atom stereocenters. The van der Waals surface area contributed by atoms with E-state index in [1.54, 1.807) is 0 Å². The summed E-state index contributed by atoms with van der Waals surface area (Å²) in [7, 11) is 6.12. The average Bonchev–Trinajstić information content (AvgIpc) is 3.25. The zero-order valence-electron chi connectivity index (χ0n) is 41.9. The van der Waals surface area contributed by atoms with E-state index in [1.807, 2.05) is 0 Å². The van der Waals surface area contributed by atoms with Crippen LogP contribution in [0.4, 0.5) is 9.59 Å². The highest BCUT2D eigenvalue weighted by molar-refractivity contribution is 5.79. The van der Waals surface area contributed by atoms with Gasteiger partial charge in [0, 0.05) is 41.0 Å². The van der Waals surface area contributed by atoms with Crippen LogP contribution in [0.5, 0.6) is 0 Å². The number of carbonyl (C=O) groups is 4. The number of hydrogen-bond donors (Lipinski definition) is 0. The number of azo groups is 1. The van der Waals surface area contributed by atoms with E-state index >= 15 is 0 Å². The molecule has 0 aromatic carbocycles. The average molecular weight is 879 g/mol. The number of amides is 4. The summed E-state index contributed by atoms with van der Waals surface area (Å²) in [6, 6.07) is -1.10. The van der Waals surface area contributed by atoms with Gasteiger partial charge >= 0.3 is 24.0 Å². The number of rotatable bonds is 43. The third-order valence-electron chi connectivity index (χ3n) is 11.5. The summed E-state index contributed by atoms with van der Waals surface area (Å²) in [5.74, 6) is -0.0592. The highest BCUT2D eigenvalue weighted by Gasteiger charge is 2.06. The molecule has 0 N–H and O–H groups in total. The zero-order chi connectivity index (χ0) is 46.0. The fraction of sp³-hybridized carbons (Fsp3) is 0.923. The van der Waals surface area contributed by atoms with Crippen LogP contribution in [-0.2, 0) is 19.1 Å². The van der Waals surface area contributed by atoms with Gasteiger partial charge in [-0.1, -0.05) is 242 Å². The van der Waals surface area contributed by atoms with Gasteiger partial charge in [-0.25, -0.2) is 9.59 Å². The van der Waals surface area contributed by atoms with Gasteiger partial charge in [-0.05, 0) is 25.7 Å². The standard InChI is InChI=1S/C46H90O4.C6H12N4O2/c1-3-5-7-9-11-13-15-17-19-21-23-25-27-31-35-39-43-49-45(47)41-37-33-29-30-34-38-42-46(48)50-44-40-36-32-28-26-24-22-20-18-16-14-12-10-8-6-4-2;1-9(2)5(11)7-8-6(12)10(3)4/h3-44H2,1-2H3;1-4H3. The van der Waals surface area contributed by atoms with E-state index in [0.717, 1.165) is 51.4 Å². The molecule has 0 spiro atoms. The third-order valence-corrected chi connectivity index (χ3v) is 11.5. The lowest BCUT2D eigenvalue weighted by Gasteiger charge is -2.06. The van der Waals surface area contributed by atoms with Crippen LogP contribution in [0.3, 0.4) is 0 Å². The largest absolute Gasteiger partial charge is 0.466 e. The number of ether oxygens (including phenoxy) is 2. The van der Waals surface area contributed by atoms with Crippen LogP contribution in [0.1, 0.15) is 271 Å². The van der Waals surface area contributed by atoms with Crippen LogP contribution in [-0.4, -0.2) is 75.2 Å². The molecular formula is C52H102N4O6. The summed E-state index contributed by atoms with van der Waals surface area (Å²) in [4.78, 5) is 48.0. The fourth-order valence-corrected chi connectivity index (χ4v) is 7.33. The molecule has 0 heterocycles. The van der Waals surface area contributed by atoms with Crippen LogP contribution in [0.25, 0.3) is 0 Å². The lowest BCUT2D eigenvalue weighted by molar-refractivity contribution is -0.144. The Hall–Kier alpha value is -2.52. The molecular weight excluding hydrogens is 777 g/mol. The minimum absolute atomic E-state index is 0.0296. The lowest BCUT2D eigenvalue weighted by Crippen LogP contribution is -2.20. The van der Waals surface area contributed by atoms with E-state index < -0.39 is 12.1 Å². The Morgan fingerprint density at radius 2 is 0.500 bits per heavy atom. The summed E-state index contributed by atoms with van der Waals surface area (Å²) in [6.45, 7) is 5.75. The van der Waals surface area contributed by atoms with E-state index in [4.69, 9.17) is 9.47 Å². The van der Waals surface area contributed by atoms with Gasteiger partial charge in [-0.3, -0.25) is 9.59 Å². The summed E-state index contributed by atoms with van der Waals surface area (Å²) in [6.07, 6.45) is 50.8. The van der Waals surface area contributed by atoms with Gasteiger partial charge in [0.15, 0.2) is 0 Å². The Labute approximate surface area is 383 Å². The first-order chi connectivity index (χ1) is 30.1. The highest BCUT2D eigenvalue weighted by Crippen LogP contribution is 2.16. The van der Waals surface area contributed by atoms with Gasteiger partial charge in [-0.2, -0.15) is 0 Å². The van der Waals surface area contributed by atoms with Crippen molar-refractivity contribution in [1.29, 1.82) is 0 Å². The minimum Gasteiger partial charge on any atom is -0.466 e. The molecule has 0 aromatic rings. The summed E-state index contributed by atoms with van der Waals surface area (Å²) < 4.78 is 10.9. The lowest BCUT2D eigenvalue weighted by atomic mass is 10.0. The summed E-state index contributed by atoms with van der Waals surface area (Å²) >= 11 is 0. The van der Waals surface area contributed by atoms with Gasteiger partial charge in [0.25, 0.3) is 0 Å². The molecule has 0 unspecified atom stereocenters. The monoisotopic (exact) mass is 879 g/mol. The Bertz CT molecular complexity index is 943. The number of hydrogen-bond acceptors (Lipinski definition) is 6. The second-order valence-corrected chi connectivity index (χ2v) is 18.2. The molecule has 0 aliphatic carbocycles. The molecule has 0 bridgehead atoms. The molecule has 0 saturated carbocycles. The minimum atomic E-state index is -0.551. The van der Waals surface area contributed by atoms with Gasteiger partial charge in [0.1, 0.15) is 0 Å². The maximum absolute atomic E-state index is 12.0. The van der Waals surface area contributed by atoms with Crippen molar-refractivity contribution in [3.05, 3.63) is 0 Å². The molecule has 0 aliphatic heterocycles. The maximum atomic E-state index is 12.0. The Morgan fingerprint density at radius 3 is 0.710 bits per heavy atom. The number of esters is 2. The Balaban J connectivity index is 0. The van der Waals surface area contributed by atoms with Crippen LogP contribution in [0, 0.1) is 0 Å². The van der Waals surface area contributed by atoms with Gasteiger partial charge in [-0.15, -0.1) is 0 Å². The van der Waals surface area contributed by atoms with Crippen molar-refractivity contribution in [2.75, 3.05) is 41.4 Å². The summed E-state index contributed by atoms with van der Waals surface area (Å²) in [5, 5.41) is 6.33. The first kappa shape index (κ1) is 61.6. The predicted molar refractivity (Wildman–Crippen MR) is 261 cm³/mol. The van der Waals surface area contributed by atoms with Crippen molar-refractivity contribution < 1.29 is 28.7 Å². The van der Waals surface area contributed by atoms with E-state index in [2.05, 4.69) is 24.1 Å². The molecule has 0 fully saturated rings.